The Morgan fingerprint density at radius 2 is 1.86 bits per heavy atom. The monoisotopic (exact) mass is 394 g/mol. The Morgan fingerprint density at radius 1 is 1.10 bits per heavy atom. The Bertz CT molecular complexity index is 752. The molecule has 0 amide bonds. The number of aliphatic hydroxyl groups is 1. The minimum absolute atomic E-state index is 0.0116. The molecule has 1 nitrogen and oxygen atoms in total. The number of rotatable bonds is 4. The van der Waals surface area contributed by atoms with Crippen LogP contribution in [-0.2, 0) is 0 Å². The molecule has 3 saturated carbocycles. The fourth-order valence-electron chi connectivity index (χ4n) is 7.56. The van der Waals surface area contributed by atoms with Crippen molar-refractivity contribution in [2.75, 3.05) is 0 Å². The van der Waals surface area contributed by atoms with Gasteiger partial charge >= 0.3 is 0 Å². The van der Waals surface area contributed by atoms with Crippen LogP contribution < -0.4 is 0 Å². The highest BCUT2D eigenvalue weighted by Crippen LogP contribution is 2.65. The zero-order valence-electron chi connectivity index (χ0n) is 19.4. The predicted molar refractivity (Wildman–Crippen MR) is 123 cm³/mol. The molecule has 7 atom stereocenters. The lowest BCUT2D eigenvalue weighted by Crippen LogP contribution is -2.50. The Balaban J connectivity index is 1.59. The van der Waals surface area contributed by atoms with Gasteiger partial charge in [0, 0.05) is 5.41 Å². The van der Waals surface area contributed by atoms with E-state index < -0.39 is 0 Å². The van der Waals surface area contributed by atoms with E-state index in [-0.39, 0.29) is 11.5 Å². The van der Waals surface area contributed by atoms with Gasteiger partial charge in [-0.25, -0.2) is 0 Å². The normalized spacial score (nSPS) is 42.7. The largest absolute Gasteiger partial charge is 0.392 e. The molecule has 4 aliphatic rings. The first-order valence-corrected chi connectivity index (χ1v) is 12.2. The first-order chi connectivity index (χ1) is 13.7. The summed E-state index contributed by atoms with van der Waals surface area (Å²) in [6.45, 7) is 16.1. The smallest absolute Gasteiger partial charge is 0.0636 e. The Labute approximate surface area is 179 Å². The van der Waals surface area contributed by atoms with Gasteiger partial charge in [-0.05, 0) is 80.0 Å². The maximum absolute atomic E-state index is 11.0. The van der Waals surface area contributed by atoms with E-state index >= 15 is 0 Å². The molecule has 1 N–H and O–H groups in total. The molecule has 0 spiro atoms. The summed E-state index contributed by atoms with van der Waals surface area (Å²) in [4.78, 5) is 0. The third kappa shape index (κ3) is 3.23. The van der Waals surface area contributed by atoms with Crippen LogP contribution in [0.5, 0.6) is 0 Å². The zero-order valence-corrected chi connectivity index (χ0v) is 19.4. The fraction of sp³-hybridized carbons (Fsp3) is 0.714. The van der Waals surface area contributed by atoms with Crippen molar-refractivity contribution in [2.45, 2.75) is 85.7 Å². The van der Waals surface area contributed by atoms with Crippen LogP contribution in [0.1, 0.15) is 79.6 Å². The molecule has 0 heterocycles. The van der Waals surface area contributed by atoms with Crippen LogP contribution in [0, 0.1) is 40.4 Å². The van der Waals surface area contributed by atoms with Crippen molar-refractivity contribution >= 4 is 0 Å². The van der Waals surface area contributed by atoms with E-state index in [1.54, 1.807) is 5.57 Å². The SMILES string of the molecule is C=C(/C=C/[C@@H](C)[C@H]1CC[C@H]2C3=CC=C4CCCC(O)[C@]4(C)[C@H]3CC[C@]12C)C(C)C. The van der Waals surface area contributed by atoms with Gasteiger partial charge < -0.3 is 5.11 Å². The predicted octanol–water partition coefficient (Wildman–Crippen LogP) is 7.25. The summed E-state index contributed by atoms with van der Waals surface area (Å²) in [7, 11) is 0. The highest BCUT2D eigenvalue weighted by Gasteiger charge is 2.58. The maximum atomic E-state index is 11.0. The van der Waals surface area contributed by atoms with Gasteiger partial charge in [-0.2, -0.15) is 0 Å². The van der Waals surface area contributed by atoms with Gasteiger partial charge in [0.15, 0.2) is 0 Å². The van der Waals surface area contributed by atoms with Gasteiger partial charge in [0.1, 0.15) is 0 Å². The van der Waals surface area contributed by atoms with E-state index in [9.17, 15) is 5.11 Å². The fourth-order valence-corrected chi connectivity index (χ4v) is 7.56. The van der Waals surface area contributed by atoms with Crippen LogP contribution in [-0.4, -0.2) is 11.2 Å². The highest BCUT2D eigenvalue weighted by atomic mass is 16.3. The zero-order chi connectivity index (χ0) is 21.0. The van der Waals surface area contributed by atoms with Gasteiger partial charge in [-0.1, -0.05) is 82.2 Å². The second-order valence-electron chi connectivity index (χ2n) is 11.3. The molecule has 1 heteroatoms. The topological polar surface area (TPSA) is 20.2 Å². The number of allylic oxidation sites excluding steroid dienone is 6. The van der Waals surface area contributed by atoms with E-state index in [4.69, 9.17) is 0 Å². The van der Waals surface area contributed by atoms with Crippen molar-refractivity contribution in [3.8, 4) is 0 Å². The van der Waals surface area contributed by atoms with Gasteiger partial charge in [0.25, 0.3) is 0 Å². The quantitative estimate of drug-likeness (QED) is 0.498. The minimum atomic E-state index is -0.165. The first kappa shape index (κ1) is 21.2. The van der Waals surface area contributed by atoms with E-state index in [0.29, 0.717) is 29.1 Å². The summed E-state index contributed by atoms with van der Waals surface area (Å²) in [5, 5.41) is 11.0. The summed E-state index contributed by atoms with van der Waals surface area (Å²) in [6.07, 6.45) is 18.0. The lowest BCUT2D eigenvalue weighted by atomic mass is 9.49. The minimum Gasteiger partial charge on any atom is -0.392 e. The highest BCUT2D eigenvalue weighted by molar-refractivity contribution is 5.39. The first-order valence-electron chi connectivity index (χ1n) is 12.2. The van der Waals surface area contributed by atoms with Crippen molar-refractivity contribution < 1.29 is 5.11 Å². The Kier molecular flexibility index (Phi) is 5.52. The van der Waals surface area contributed by atoms with Crippen molar-refractivity contribution in [1.29, 1.82) is 0 Å². The van der Waals surface area contributed by atoms with Crippen molar-refractivity contribution in [3.63, 3.8) is 0 Å². The standard InChI is InChI=1S/C28H42O/c1-18(2)19(3)10-11-20(4)23-14-15-24-22-13-12-21-8-7-9-26(29)28(21,6)25(22)16-17-27(23,24)5/h10-13,18,20,23-26,29H,3,7-9,14-17H2,1-2,4-6H3/b11-10+/t20-,23-,24+,25+,26?,27-,28+/m1/s1. The summed E-state index contributed by atoms with van der Waals surface area (Å²) in [6, 6.07) is 0. The third-order valence-corrected chi connectivity index (χ3v) is 9.68. The summed E-state index contributed by atoms with van der Waals surface area (Å²) in [5.41, 5.74) is 4.82. The lowest BCUT2D eigenvalue weighted by Gasteiger charge is -2.56. The number of aliphatic hydroxyl groups excluding tert-OH is 1. The number of hydrogen-bond acceptors (Lipinski definition) is 1. The van der Waals surface area contributed by atoms with Crippen LogP contribution >= 0.6 is 0 Å². The molecule has 0 aromatic carbocycles. The molecule has 4 rings (SSSR count). The maximum Gasteiger partial charge on any atom is 0.0636 e. The Hall–Kier alpha value is -1.08. The molecule has 0 saturated heterocycles. The van der Waals surface area contributed by atoms with Gasteiger partial charge in [0.05, 0.1) is 6.10 Å². The summed E-state index contributed by atoms with van der Waals surface area (Å²) in [5.74, 6) is 3.13. The molecule has 0 radical (unpaired) electrons. The molecule has 0 aromatic rings. The molecule has 3 fully saturated rings. The molecule has 1 unspecified atom stereocenters. The second-order valence-corrected chi connectivity index (χ2v) is 11.3. The molecular weight excluding hydrogens is 352 g/mol. The molecule has 160 valence electrons. The summed E-state index contributed by atoms with van der Waals surface area (Å²) < 4.78 is 0. The lowest BCUT2D eigenvalue weighted by molar-refractivity contribution is -0.0229. The number of hydrogen-bond donors (Lipinski definition) is 1. The molecule has 29 heavy (non-hydrogen) atoms. The van der Waals surface area contributed by atoms with Crippen LogP contribution in [0.25, 0.3) is 0 Å². The molecule has 4 aliphatic carbocycles. The molecule has 0 aliphatic heterocycles. The molecule has 0 aromatic heterocycles. The average Bonchev–Trinajstić information content (AvgIpc) is 3.04. The van der Waals surface area contributed by atoms with Gasteiger partial charge in [-0.3, -0.25) is 0 Å². The van der Waals surface area contributed by atoms with Crippen LogP contribution in [0.15, 0.2) is 47.6 Å². The van der Waals surface area contributed by atoms with Crippen molar-refractivity contribution in [1.82, 2.24) is 0 Å². The van der Waals surface area contributed by atoms with Crippen LogP contribution in [0.2, 0.25) is 0 Å². The van der Waals surface area contributed by atoms with Crippen LogP contribution in [0.4, 0.5) is 0 Å². The number of fused-ring (bicyclic) bond motifs is 5. The third-order valence-electron chi connectivity index (χ3n) is 9.68. The van der Waals surface area contributed by atoms with Gasteiger partial charge in [-0.15, -0.1) is 0 Å². The molecule has 0 bridgehead atoms. The van der Waals surface area contributed by atoms with Crippen molar-refractivity contribution in [3.05, 3.63) is 47.6 Å². The second kappa shape index (κ2) is 7.56. The van der Waals surface area contributed by atoms with E-state index in [1.807, 2.05) is 0 Å². The van der Waals surface area contributed by atoms with E-state index in [2.05, 4.69) is 65.5 Å². The van der Waals surface area contributed by atoms with Crippen LogP contribution in [0.3, 0.4) is 0 Å². The Morgan fingerprint density at radius 3 is 2.59 bits per heavy atom. The molecular formula is C28H42O. The van der Waals surface area contributed by atoms with Crippen molar-refractivity contribution in [2.24, 2.45) is 40.4 Å². The van der Waals surface area contributed by atoms with Gasteiger partial charge in [0.2, 0.25) is 0 Å². The van der Waals surface area contributed by atoms with E-state index in [1.165, 1.54) is 43.3 Å². The summed E-state index contributed by atoms with van der Waals surface area (Å²) >= 11 is 0. The average molecular weight is 395 g/mol. The van der Waals surface area contributed by atoms with E-state index in [0.717, 1.165) is 18.8 Å².